The van der Waals surface area contributed by atoms with Crippen LogP contribution in [0.4, 0.5) is 0 Å². The summed E-state index contributed by atoms with van der Waals surface area (Å²) in [5.41, 5.74) is 0.469. The third kappa shape index (κ3) is 34.5. The average molecular weight is 189 g/mol. The highest BCUT2D eigenvalue weighted by Gasteiger charge is 2.17. The van der Waals surface area contributed by atoms with Crippen LogP contribution < -0.4 is 5.32 Å². The molecule has 0 aliphatic rings. The van der Waals surface area contributed by atoms with Gasteiger partial charge < -0.3 is 10.4 Å². The van der Waals surface area contributed by atoms with Crippen LogP contribution in [0.2, 0.25) is 0 Å². The van der Waals surface area contributed by atoms with Gasteiger partial charge in [0.25, 0.3) is 5.97 Å². The van der Waals surface area contributed by atoms with Crippen molar-refractivity contribution >= 4 is 5.97 Å². The van der Waals surface area contributed by atoms with E-state index >= 15 is 0 Å². The minimum atomic E-state index is -0.833. The van der Waals surface area contributed by atoms with Gasteiger partial charge in [-0.25, -0.2) is 0 Å². The Bertz CT molecular complexity index is 135. The molecule has 0 saturated heterocycles. The molecule has 0 atom stereocenters. The molecule has 0 aromatic rings. The molecule has 0 bridgehead atoms. The van der Waals surface area contributed by atoms with E-state index in [9.17, 15) is 0 Å². The maximum absolute atomic E-state index is 9.00. The molecule has 0 rings (SSSR count). The lowest BCUT2D eigenvalue weighted by atomic mass is 10.0. The lowest BCUT2D eigenvalue weighted by Gasteiger charge is -2.31. The summed E-state index contributed by atoms with van der Waals surface area (Å²) in [5, 5.41) is 10.9. The molecule has 0 radical (unpaired) electrons. The zero-order valence-electron chi connectivity index (χ0n) is 9.86. The van der Waals surface area contributed by atoms with Crippen LogP contribution in [0, 0.1) is 0 Å². The maximum Gasteiger partial charge on any atom is 0.300 e. The van der Waals surface area contributed by atoms with Crippen LogP contribution in [-0.2, 0) is 4.79 Å². The van der Waals surface area contributed by atoms with Crippen molar-refractivity contribution in [1.29, 1.82) is 0 Å². The quantitative estimate of drug-likeness (QED) is 0.614. The van der Waals surface area contributed by atoms with E-state index in [0.29, 0.717) is 0 Å². The molecule has 0 spiro atoms. The smallest absolute Gasteiger partial charge is 0.300 e. The Morgan fingerprint density at radius 1 is 1.00 bits per heavy atom. The van der Waals surface area contributed by atoms with Crippen LogP contribution in [0.15, 0.2) is 0 Å². The number of hydrogen-bond acceptors (Lipinski definition) is 2. The van der Waals surface area contributed by atoms with E-state index in [0.717, 1.165) is 6.92 Å². The zero-order chi connectivity index (χ0) is 11.3. The van der Waals surface area contributed by atoms with Crippen molar-refractivity contribution in [2.45, 2.75) is 59.5 Å². The summed E-state index contributed by atoms with van der Waals surface area (Å²) in [7, 11) is 0. The highest BCUT2D eigenvalue weighted by molar-refractivity contribution is 5.62. The first-order valence-electron chi connectivity index (χ1n) is 4.43. The Hall–Kier alpha value is -0.570. The fourth-order valence-electron chi connectivity index (χ4n) is 1.12. The number of carbonyl (C=O) groups is 1. The summed E-state index contributed by atoms with van der Waals surface area (Å²) >= 11 is 0. The molecular weight excluding hydrogens is 166 g/mol. The molecule has 0 unspecified atom stereocenters. The molecule has 13 heavy (non-hydrogen) atoms. The Morgan fingerprint density at radius 2 is 1.15 bits per heavy atom. The first kappa shape index (κ1) is 14.9. The highest BCUT2D eigenvalue weighted by atomic mass is 16.4. The summed E-state index contributed by atoms with van der Waals surface area (Å²) in [6, 6.07) is 0. The van der Waals surface area contributed by atoms with Crippen LogP contribution in [0.5, 0.6) is 0 Å². The van der Waals surface area contributed by atoms with Crippen LogP contribution in [0.25, 0.3) is 0 Å². The van der Waals surface area contributed by atoms with Gasteiger partial charge in [0.1, 0.15) is 0 Å². The van der Waals surface area contributed by atoms with E-state index < -0.39 is 5.97 Å². The standard InChI is InChI=1S/C8H19N.C2H4O2/c1-7(2,3)9-8(4,5)6;1-2(3)4/h9H,1-6H3;1H3,(H,3,4). The topological polar surface area (TPSA) is 49.3 Å². The number of hydrogen-bond donors (Lipinski definition) is 2. The Balaban J connectivity index is 0. The highest BCUT2D eigenvalue weighted by Crippen LogP contribution is 2.08. The Kier molecular flexibility index (Phi) is 6.00. The van der Waals surface area contributed by atoms with E-state index in [2.05, 4.69) is 46.9 Å². The lowest BCUT2D eigenvalue weighted by molar-refractivity contribution is -0.134. The normalized spacial score (nSPS) is 11.6. The van der Waals surface area contributed by atoms with Gasteiger partial charge in [-0.05, 0) is 41.5 Å². The molecule has 3 heteroatoms. The molecular formula is C10H23NO2. The first-order valence-corrected chi connectivity index (χ1v) is 4.43. The number of aliphatic carboxylic acids is 1. The van der Waals surface area contributed by atoms with E-state index in [1.54, 1.807) is 0 Å². The number of nitrogens with one attached hydrogen (secondary N) is 1. The first-order chi connectivity index (χ1) is 5.44. The largest absolute Gasteiger partial charge is 0.481 e. The van der Waals surface area contributed by atoms with E-state index in [1.165, 1.54) is 0 Å². The third-order valence-electron chi connectivity index (χ3n) is 0.750. The Labute approximate surface area is 81.5 Å². The van der Waals surface area contributed by atoms with Gasteiger partial charge in [0.2, 0.25) is 0 Å². The molecule has 3 nitrogen and oxygen atoms in total. The molecule has 0 aromatic heterocycles. The van der Waals surface area contributed by atoms with E-state index in [4.69, 9.17) is 9.90 Å². The zero-order valence-corrected chi connectivity index (χ0v) is 9.86. The van der Waals surface area contributed by atoms with Crippen molar-refractivity contribution in [2.75, 3.05) is 0 Å². The minimum Gasteiger partial charge on any atom is -0.481 e. The van der Waals surface area contributed by atoms with Crippen molar-refractivity contribution in [3.63, 3.8) is 0 Å². The molecule has 0 aliphatic heterocycles. The van der Waals surface area contributed by atoms with Crippen molar-refractivity contribution in [1.82, 2.24) is 5.32 Å². The Morgan fingerprint density at radius 3 is 1.15 bits per heavy atom. The van der Waals surface area contributed by atoms with Crippen molar-refractivity contribution in [3.8, 4) is 0 Å². The molecule has 0 heterocycles. The fourth-order valence-corrected chi connectivity index (χ4v) is 1.12. The lowest BCUT2D eigenvalue weighted by Crippen LogP contribution is -2.48. The van der Waals surface area contributed by atoms with Gasteiger partial charge in [0.15, 0.2) is 0 Å². The second-order valence-corrected chi connectivity index (χ2v) is 5.14. The molecule has 0 fully saturated rings. The summed E-state index contributed by atoms with van der Waals surface area (Å²) in [5.74, 6) is -0.833. The number of rotatable bonds is 0. The predicted octanol–water partition coefficient (Wildman–Crippen LogP) is 2.26. The summed E-state index contributed by atoms with van der Waals surface area (Å²) in [6.45, 7) is 14.2. The van der Waals surface area contributed by atoms with Gasteiger partial charge in [0.05, 0.1) is 0 Å². The maximum atomic E-state index is 9.00. The van der Waals surface area contributed by atoms with Gasteiger partial charge >= 0.3 is 0 Å². The van der Waals surface area contributed by atoms with Gasteiger partial charge in [0, 0.05) is 18.0 Å². The fraction of sp³-hybridized carbons (Fsp3) is 0.900. The summed E-state index contributed by atoms with van der Waals surface area (Å²) in [4.78, 5) is 9.00. The summed E-state index contributed by atoms with van der Waals surface area (Å²) < 4.78 is 0. The van der Waals surface area contributed by atoms with E-state index in [-0.39, 0.29) is 11.1 Å². The molecule has 0 amide bonds. The number of carboxylic acid groups (broad SMARTS) is 1. The number of carboxylic acids is 1. The second-order valence-electron chi connectivity index (χ2n) is 5.14. The van der Waals surface area contributed by atoms with Crippen LogP contribution in [0.3, 0.4) is 0 Å². The van der Waals surface area contributed by atoms with Crippen molar-refractivity contribution in [3.05, 3.63) is 0 Å². The molecule has 0 aromatic carbocycles. The predicted molar refractivity (Wildman–Crippen MR) is 56.0 cm³/mol. The van der Waals surface area contributed by atoms with Gasteiger partial charge in [-0.1, -0.05) is 0 Å². The molecule has 0 saturated carbocycles. The van der Waals surface area contributed by atoms with Gasteiger partial charge in [-0.3, -0.25) is 4.79 Å². The van der Waals surface area contributed by atoms with Crippen LogP contribution >= 0.6 is 0 Å². The monoisotopic (exact) mass is 189 g/mol. The summed E-state index contributed by atoms with van der Waals surface area (Å²) in [6.07, 6.45) is 0. The molecule has 2 N–H and O–H groups in total. The average Bonchev–Trinajstić information content (AvgIpc) is 1.47. The third-order valence-corrected chi connectivity index (χ3v) is 0.750. The second kappa shape index (κ2) is 5.22. The van der Waals surface area contributed by atoms with Crippen LogP contribution in [-0.4, -0.2) is 22.2 Å². The van der Waals surface area contributed by atoms with Gasteiger partial charge in [-0.2, -0.15) is 0 Å². The minimum absolute atomic E-state index is 0.234. The molecule has 0 aliphatic carbocycles. The molecule has 80 valence electrons. The van der Waals surface area contributed by atoms with Crippen molar-refractivity contribution in [2.24, 2.45) is 0 Å². The van der Waals surface area contributed by atoms with Crippen molar-refractivity contribution < 1.29 is 9.90 Å². The van der Waals surface area contributed by atoms with Gasteiger partial charge in [-0.15, -0.1) is 0 Å². The SMILES string of the molecule is CC(=O)O.CC(C)(C)NC(C)(C)C. The van der Waals surface area contributed by atoms with E-state index in [1.807, 2.05) is 0 Å². The van der Waals surface area contributed by atoms with Crippen LogP contribution in [0.1, 0.15) is 48.5 Å².